The number of ether oxygens (including phenoxy) is 1. The SMILES string of the molecule is COc1ccccc1-c1ccc(N2CCC(C(=O)Nc3cccc(Br)c3)CC2)nn1. The van der Waals surface area contributed by atoms with Crippen LogP contribution in [0.15, 0.2) is 65.1 Å². The fraction of sp³-hybridized carbons (Fsp3) is 0.261. The Morgan fingerprint density at radius 1 is 1.07 bits per heavy atom. The van der Waals surface area contributed by atoms with Crippen molar-refractivity contribution in [2.24, 2.45) is 5.92 Å². The van der Waals surface area contributed by atoms with Crippen molar-refractivity contribution >= 4 is 33.3 Å². The van der Waals surface area contributed by atoms with E-state index in [2.05, 4.69) is 36.3 Å². The standard InChI is InChI=1S/C23H23BrN4O2/c1-30-21-8-3-2-7-19(21)20-9-10-22(27-26-20)28-13-11-16(12-14-28)23(29)25-18-6-4-5-17(24)15-18/h2-10,15-16H,11-14H2,1H3,(H,25,29). The number of piperidine rings is 1. The van der Waals surface area contributed by atoms with Crippen molar-refractivity contribution in [3.05, 3.63) is 65.1 Å². The van der Waals surface area contributed by atoms with Crippen LogP contribution in [0, 0.1) is 5.92 Å². The van der Waals surface area contributed by atoms with Gasteiger partial charge in [-0.05, 0) is 55.3 Å². The number of rotatable bonds is 5. The molecule has 1 N–H and O–H groups in total. The molecule has 30 heavy (non-hydrogen) atoms. The number of carbonyl (C=O) groups is 1. The van der Waals surface area contributed by atoms with Gasteiger partial charge in [0, 0.05) is 34.7 Å². The number of para-hydroxylation sites is 1. The third-order valence-corrected chi connectivity index (χ3v) is 5.81. The van der Waals surface area contributed by atoms with E-state index in [4.69, 9.17) is 4.74 Å². The molecule has 4 rings (SSSR count). The first-order valence-corrected chi connectivity index (χ1v) is 10.7. The highest BCUT2D eigenvalue weighted by atomic mass is 79.9. The highest BCUT2D eigenvalue weighted by Gasteiger charge is 2.26. The maximum atomic E-state index is 12.6. The van der Waals surface area contributed by atoms with Gasteiger partial charge in [-0.3, -0.25) is 4.79 Å². The number of carbonyl (C=O) groups excluding carboxylic acids is 1. The molecule has 2 heterocycles. The monoisotopic (exact) mass is 466 g/mol. The number of hydrogen-bond donors (Lipinski definition) is 1. The van der Waals surface area contributed by atoms with Crippen molar-refractivity contribution in [1.29, 1.82) is 0 Å². The average molecular weight is 467 g/mol. The fourth-order valence-electron chi connectivity index (χ4n) is 3.68. The Bertz CT molecular complexity index is 1020. The smallest absolute Gasteiger partial charge is 0.227 e. The highest BCUT2D eigenvalue weighted by molar-refractivity contribution is 9.10. The molecule has 0 atom stereocenters. The van der Waals surface area contributed by atoms with Crippen LogP contribution in [-0.4, -0.2) is 36.3 Å². The van der Waals surface area contributed by atoms with E-state index in [0.29, 0.717) is 0 Å². The maximum absolute atomic E-state index is 12.6. The van der Waals surface area contributed by atoms with Gasteiger partial charge < -0.3 is 15.0 Å². The molecule has 0 spiro atoms. The zero-order valence-electron chi connectivity index (χ0n) is 16.7. The van der Waals surface area contributed by atoms with Crippen LogP contribution in [0.4, 0.5) is 11.5 Å². The minimum Gasteiger partial charge on any atom is -0.496 e. The molecule has 0 radical (unpaired) electrons. The molecule has 0 unspecified atom stereocenters. The van der Waals surface area contributed by atoms with Gasteiger partial charge in [0.1, 0.15) is 5.75 Å². The second-order valence-electron chi connectivity index (χ2n) is 7.24. The van der Waals surface area contributed by atoms with Crippen molar-refractivity contribution in [3.63, 3.8) is 0 Å². The Morgan fingerprint density at radius 2 is 1.87 bits per heavy atom. The summed E-state index contributed by atoms with van der Waals surface area (Å²) in [4.78, 5) is 14.8. The molecule has 1 aliphatic heterocycles. The molecule has 6 nitrogen and oxygen atoms in total. The topological polar surface area (TPSA) is 67.3 Å². The zero-order valence-corrected chi connectivity index (χ0v) is 18.3. The molecule has 1 aromatic heterocycles. The molecule has 1 amide bonds. The summed E-state index contributed by atoms with van der Waals surface area (Å²) in [6.45, 7) is 1.55. The number of methoxy groups -OCH3 is 1. The first-order chi connectivity index (χ1) is 14.6. The van der Waals surface area contributed by atoms with Gasteiger partial charge >= 0.3 is 0 Å². The summed E-state index contributed by atoms with van der Waals surface area (Å²) >= 11 is 3.43. The first kappa shape index (κ1) is 20.3. The van der Waals surface area contributed by atoms with Gasteiger partial charge in [-0.15, -0.1) is 10.2 Å². The third-order valence-electron chi connectivity index (χ3n) is 5.32. The molecule has 0 bridgehead atoms. The zero-order chi connectivity index (χ0) is 20.9. The normalized spacial score (nSPS) is 14.4. The molecular formula is C23H23BrN4O2. The molecule has 1 saturated heterocycles. The Labute approximate surface area is 184 Å². The van der Waals surface area contributed by atoms with E-state index in [0.717, 1.165) is 58.9 Å². The van der Waals surface area contributed by atoms with Gasteiger partial charge in [0.15, 0.2) is 5.82 Å². The molecular weight excluding hydrogens is 444 g/mol. The van der Waals surface area contributed by atoms with Crippen molar-refractivity contribution in [2.45, 2.75) is 12.8 Å². The summed E-state index contributed by atoms with van der Waals surface area (Å²) < 4.78 is 6.36. The second-order valence-corrected chi connectivity index (χ2v) is 8.15. The Kier molecular flexibility index (Phi) is 6.28. The summed E-state index contributed by atoms with van der Waals surface area (Å²) in [5.41, 5.74) is 2.51. The van der Waals surface area contributed by atoms with E-state index in [-0.39, 0.29) is 11.8 Å². The lowest BCUT2D eigenvalue weighted by molar-refractivity contribution is -0.120. The number of nitrogens with one attached hydrogen (secondary N) is 1. The van der Waals surface area contributed by atoms with Crippen molar-refractivity contribution in [3.8, 4) is 17.0 Å². The number of anilines is 2. The van der Waals surface area contributed by atoms with Gasteiger partial charge in [0.05, 0.1) is 12.8 Å². The van der Waals surface area contributed by atoms with Crippen LogP contribution in [0.2, 0.25) is 0 Å². The van der Waals surface area contributed by atoms with Crippen LogP contribution in [0.5, 0.6) is 5.75 Å². The van der Waals surface area contributed by atoms with Crippen molar-refractivity contribution in [2.75, 3.05) is 30.4 Å². The van der Waals surface area contributed by atoms with Crippen LogP contribution in [0.25, 0.3) is 11.3 Å². The molecule has 3 aromatic rings. The Balaban J connectivity index is 1.36. The summed E-state index contributed by atoms with van der Waals surface area (Å²) in [5.74, 6) is 1.68. The highest BCUT2D eigenvalue weighted by Crippen LogP contribution is 2.29. The number of nitrogens with zero attached hydrogens (tertiary/aromatic N) is 3. The predicted octanol–water partition coefficient (Wildman–Crippen LogP) is 4.77. The quantitative estimate of drug-likeness (QED) is 0.586. The summed E-state index contributed by atoms with van der Waals surface area (Å²) in [7, 11) is 1.65. The maximum Gasteiger partial charge on any atom is 0.227 e. The average Bonchev–Trinajstić information content (AvgIpc) is 2.79. The first-order valence-electron chi connectivity index (χ1n) is 9.92. The van der Waals surface area contributed by atoms with Crippen LogP contribution in [-0.2, 0) is 4.79 Å². The summed E-state index contributed by atoms with van der Waals surface area (Å²) in [6, 6.07) is 19.4. The number of halogens is 1. The Hall–Kier alpha value is -2.93. The fourth-order valence-corrected chi connectivity index (χ4v) is 4.07. The Morgan fingerprint density at radius 3 is 2.57 bits per heavy atom. The van der Waals surface area contributed by atoms with Gasteiger partial charge in [0.2, 0.25) is 5.91 Å². The summed E-state index contributed by atoms with van der Waals surface area (Å²) in [6.07, 6.45) is 1.57. The van der Waals surface area contributed by atoms with E-state index in [1.165, 1.54) is 0 Å². The number of benzene rings is 2. The van der Waals surface area contributed by atoms with E-state index >= 15 is 0 Å². The molecule has 0 aliphatic carbocycles. The van der Waals surface area contributed by atoms with E-state index < -0.39 is 0 Å². The van der Waals surface area contributed by atoms with E-state index in [1.807, 2.05) is 60.7 Å². The van der Waals surface area contributed by atoms with Crippen molar-refractivity contribution < 1.29 is 9.53 Å². The molecule has 1 fully saturated rings. The lowest BCUT2D eigenvalue weighted by Crippen LogP contribution is -2.38. The molecule has 154 valence electrons. The lowest BCUT2D eigenvalue weighted by atomic mass is 9.96. The molecule has 7 heteroatoms. The van der Waals surface area contributed by atoms with Crippen LogP contribution in [0.1, 0.15) is 12.8 Å². The van der Waals surface area contributed by atoms with Crippen LogP contribution in [0.3, 0.4) is 0 Å². The minimum absolute atomic E-state index is 0.000967. The predicted molar refractivity (Wildman–Crippen MR) is 122 cm³/mol. The summed E-state index contributed by atoms with van der Waals surface area (Å²) in [5, 5.41) is 11.8. The van der Waals surface area contributed by atoms with Crippen LogP contribution >= 0.6 is 15.9 Å². The largest absolute Gasteiger partial charge is 0.496 e. The van der Waals surface area contributed by atoms with E-state index in [9.17, 15) is 4.79 Å². The molecule has 1 aliphatic rings. The van der Waals surface area contributed by atoms with Gasteiger partial charge in [-0.2, -0.15) is 0 Å². The number of hydrogen-bond acceptors (Lipinski definition) is 5. The number of amides is 1. The minimum atomic E-state index is 0.000967. The van der Waals surface area contributed by atoms with Gasteiger partial charge in [-0.1, -0.05) is 34.1 Å². The number of aromatic nitrogens is 2. The van der Waals surface area contributed by atoms with Gasteiger partial charge in [-0.25, -0.2) is 0 Å². The second kappa shape index (κ2) is 9.26. The van der Waals surface area contributed by atoms with E-state index in [1.54, 1.807) is 7.11 Å². The van der Waals surface area contributed by atoms with Gasteiger partial charge in [0.25, 0.3) is 0 Å². The van der Waals surface area contributed by atoms with Crippen molar-refractivity contribution in [1.82, 2.24) is 10.2 Å². The lowest BCUT2D eigenvalue weighted by Gasteiger charge is -2.31. The molecule has 0 saturated carbocycles. The third kappa shape index (κ3) is 4.62. The van der Waals surface area contributed by atoms with Crippen LogP contribution < -0.4 is 15.0 Å². The molecule has 2 aromatic carbocycles.